The number of oxazole rings is 1. The molecular formula is C23H27ClN4O4. The van der Waals surface area contributed by atoms with E-state index in [2.05, 4.69) is 22.2 Å². The molecule has 3 aromatic rings. The Labute approximate surface area is 191 Å². The fourth-order valence-electron chi connectivity index (χ4n) is 3.79. The highest BCUT2D eigenvalue weighted by Crippen LogP contribution is 2.20. The Morgan fingerprint density at radius 1 is 1.16 bits per heavy atom. The number of hydrogen-bond acceptors (Lipinski definition) is 6. The lowest BCUT2D eigenvalue weighted by molar-refractivity contribution is 0.130. The van der Waals surface area contributed by atoms with E-state index in [4.69, 9.17) is 20.8 Å². The Balaban J connectivity index is 1.30. The molecule has 32 heavy (non-hydrogen) atoms. The highest BCUT2D eigenvalue weighted by atomic mass is 35.5. The minimum Gasteiger partial charge on any atom is -0.449 e. The van der Waals surface area contributed by atoms with Crippen LogP contribution in [0.4, 0.5) is 10.5 Å². The van der Waals surface area contributed by atoms with Gasteiger partial charge in [0.05, 0.1) is 18.7 Å². The Hall–Kier alpha value is -2.81. The lowest BCUT2D eigenvalue weighted by Gasteiger charge is -2.32. The number of nitrogens with one attached hydrogen (secondary N) is 1. The van der Waals surface area contributed by atoms with E-state index in [0.29, 0.717) is 35.0 Å². The van der Waals surface area contributed by atoms with Crippen molar-refractivity contribution < 1.29 is 13.9 Å². The molecule has 1 fully saturated rings. The number of carbonyl (C=O) groups excluding carboxylic acids is 1. The molecule has 2 heterocycles. The molecule has 8 nitrogen and oxygen atoms in total. The molecule has 1 N–H and O–H groups in total. The van der Waals surface area contributed by atoms with Crippen molar-refractivity contribution in [3.05, 3.63) is 63.6 Å². The minimum atomic E-state index is -0.488. The summed E-state index contributed by atoms with van der Waals surface area (Å²) < 4.78 is 12.1. The Bertz CT molecular complexity index is 1130. The van der Waals surface area contributed by atoms with Gasteiger partial charge in [0.2, 0.25) is 0 Å². The molecule has 4 rings (SSSR count). The monoisotopic (exact) mass is 458 g/mol. The molecule has 0 unspecified atom stereocenters. The van der Waals surface area contributed by atoms with Crippen molar-refractivity contribution in [3.8, 4) is 0 Å². The van der Waals surface area contributed by atoms with Crippen molar-refractivity contribution in [1.29, 1.82) is 0 Å². The Morgan fingerprint density at radius 3 is 2.78 bits per heavy atom. The number of nitrogens with zero attached hydrogens (tertiary/aromatic N) is 3. The van der Waals surface area contributed by atoms with Crippen molar-refractivity contribution in [3.63, 3.8) is 0 Å². The van der Waals surface area contributed by atoms with E-state index in [9.17, 15) is 9.59 Å². The SMILES string of the molecule is CN1CCN(CCCOC(=O)Nc2cccc(Cn3c(=O)oc4ccc(Cl)cc43)c2)CC1. The number of ether oxygens (including phenoxy) is 1. The molecule has 0 radical (unpaired) electrons. The number of halogens is 1. The predicted molar refractivity (Wildman–Crippen MR) is 125 cm³/mol. The van der Waals surface area contributed by atoms with Gasteiger partial charge in [-0.15, -0.1) is 0 Å². The summed E-state index contributed by atoms with van der Waals surface area (Å²) >= 11 is 6.06. The third-order valence-corrected chi connectivity index (χ3v) is 5.83. The topological polar surface area (TPSA) is 80.0 Å². The van der Waals surface area contributed by atoms with Crippen LogP contribution in [0.25, 0.3) is 11.1 Å². The molecule has 0 aliphatic carbocycles. The van der Waals surface area contributed by atoms with Crippen LogP contribution < -0.4 is 11.1 Å². The number of rotatable bonds is 7. The minimum absolute atomic E-state index is 0.293. The summed E-state index contributed by atoms with van der Waals surface area (Å²) in [4.78, 5) is 29.1. The number of hydrogen-bond donors (Lipinski definition) is 1. The zero-order valence-corrected chi connectivity index (χ0v) is 18.8. The number of benzene rings is 2. The van der Waals surface area contributed by atoms with Crippen LogP contribution in [0.2, 0.25) is 5.02 Å². The van der Waals surface area contributed by atoms with Crippen molar-refractivity contribution in [2.75, 3.05) is 51.7 Å². The number of aromatic nitrogens is 1. The van der Waals surface area contributed by atoms with E-state index in [1.54, 1.807) is 30.3 Å². The van der Waals surface area contributed by atoms with Gasteiger partial charge in [0.1, 0.15) is 0 Å². The number of carbonyl (C=O) groups is 1. The van der Waals surface area contributed by atoms with Crippen LogP contribution in [-0.2, 0) is 11.3 Å². The van der Waals surface area contributed by atoms with Crippen molar-refractivity contribution in [1.82, 2.24) is 14.4 Å². The third-order valence-electron chi connectivity index (χ3n) is 5.59. The van der Waals surface area contributed by atoms with E-state index in [-0.39, 0.29) is 0 Å². The van der Waals surface area contributed by atoms with E-state index >= 15 is 0 Å². The molecule has 1 aliphatic rings. The summed E-state index contributed by atoms with van der Waals surface area (Å²) in [7, 11) is 2.13. The lowest BCUT2D eigenvalue weighted by Crippen LogP contribution is -2.44. The van der Waals surface area contributed by atoms with Gasteiger partial charge < -0.3 is 19.0 Å². The number of piperazine rings is 1. The van der Waals surface area contributed by atoms with E-state index in [1.807, 2.05) is 12.1 Å². The van der Waals surface area contributed by atoms with E-state index in [1.165, 1.54) is 4.57 Å². The van der Waals surface area contributed by atoms with Crippen molar-refractivity contribution in [2.45, 2.75) is 13.0 Å². The van der Waals surface area contributed by atoms with Crippen LogP contribution in [-0.4, -0.2) is 66.8 Å². The molecule has 0 atom stereocenters. The molecule has 1 saturated heterocycles. The van der Waals surface area contributed by atoms with Gasteiger partial charge in [0.15, 0.2) is 5.58 Å². The van der Waals surface area contributed by atoms with Crippen molar-refractivity contribution in [2.24, 2.45) is 0 Å². The van der Waals surface area contributed by atoms with Crippen LogP contribution in [0.5, 0.6) is 0 Å². The highest BCUT2D eigenvalue weighted by molar-refractivity contribution is 6.31. The van der Waals surface area contributed by atoms with Crippen molar-refractivity contribution >= 4 is 34.5 Å². The second-order valence-corrected chi connectivity index (χ2v) is 8.46. The molecule has 1 aliphatic heterocycles. The highest BCUT2D eigenvalue weighted by Gasteiger charge is 2.14. The predicted octanol–water partition coefficient (Wildman–Crippen LogP) is 3.48. The molecular weight excluding hydrogens is 432 g/mol. The molecule has 170 valence electrons. The van der Waals surface area contributed by atoms with Gasteiger partial charge in [0.25, 0.3) is 0 Å². The molecule has 1 amide bonds. The number of amides is 1. The lowest BCUT2D eigenvalue weighted by atomic mass is 10.2. The molecule has 0 bridgehead atoms. The standard InChI is InChI=1S/C23H27ClN4O4/c1-26-9-11-27(12-10-26)8-3-13-31-22(29)25-19-5-2-4-17(14-19)16-28-20-15-18(24)6-7-21(20)32-23(28)30/h2,4-7,14-15H,3,8-13,16H2,1H3,(H,25,29). The fraction of sp³-hybridized carbons (Fsp3) is 0.391. The molecule has 0 spiro atoms. The van der Waals surface area contributed by atoms with Gasteiger partial charge in [-0.05, 0) is 49.4 Å². The summed E-state index contributed by atoms with van der Waals surface area (Å²) in [6.07, 6.45) is 0.314. The zero-order valence-electron chi connectivity index (χ0n) is 18.1. The van der Waals surface area contributed by atoms with Crippen LogP contribution in [0.1, 0.15) is 12.0 Å². The maximum absolute atomic E-state index is 12.3. The largest absolute Gasteiger partial charge is 0.449 e. The average Bonchev–Trinajstić information content (AvgIpc) is 3.07. The first-order chi connectivity index (χ1) is 15.5. The van der Waals surface area contributed by atoms with Gasteiger partial charge in [-0.2, -0.15) is 0 Å². The molecule has 0 saturated carbocycles. The maximum atomic E-state index is 12.3. The Kier molecular flexibility index (Phi) is 7.14. The van der Waals surface area contributed by atoms with Crippen LogP contribution >= 0.6 is 11.6 Å². The van der Waals surface area contributed by atoms with Gasteiger partial charge >= 0.3 is 11.8 Å². The summed E-state index contributed by atoms with van der Waals surface area (Å²) in [6, 6.07) is 12.3. The summed E-state index contributed by atoms with van der Waals surface area (Å²) in [5.41, 5.74) is 2.54. The number of fused-ring (bicyclic) bond motifs is 1. The Morgan fingerprint density at radius 2 is 1.97 bits per heavy atom. The van der Waals surface area contributed by atoms with Crippen LogP contribution in [0.15, 0.2) is 51.7 Å². The number of likely N-dealkylation sites (N-methyl/N-ethyl adjacent to an activating group) is 1. The third kappa shape index (κ3) is 5.70. The summed E-state index contributed by atoms with van der Waals surface area (Å²) in [5, 5.41) is 3.28. The smallest absolute Gasteiger partial charge is 0.420 e. The quantitative estimate of drug-likeness (QED) is 0.546. The first-order valence-corrected chi connectivity index (χ1v) is 11.1. The summed E-state index contributed by atoms with van der Waals surface area (Å²) in [5.74, 6) is -0.458. The number of anilines is 1. The summed E-state index contributed by atoms with van der Waals surface area (Å²) in [6.45, 7) is 5.84. The van der Waals surface area contributed by atoms with Gasteiger partial charge in [0, 0.05) is 43.4 Å². The van der Waals surface area contributed by atoms with E-state index in [0.717, 1.165) is 44.7 Å². The van der Waals surface area contributed by atoms with Gasteiger partial charge in [-0.25, -0.2) is 9.59 Å². The first-order valence-electron chi connectivity index (χ1n) is 10.7. The molecule has 2 aromatic carbocycles. The first kappa shape index (κ1) is 22.4. The normalized spacial score (nSPS) is 15.2. The van der Waals surface area contributed by atoms with Crippen LogP contribution in [0.3, 0.4) is 0 Å². The average molecular weight is 459 g/mol. The van der Waals surface area contributed by atoms with Gasteiger partial charge in [-0.1, -0.05) is 23.7 Å². The maximum Gasteiger partial charge on any atom is 0.420 e. The molecule has 9 heteroatoms. The van der Waals surface area contributed by atoms with Crippen LogP contribution in [0, 0.1) is 0 Å². The second-order valence-electron chi connectivity index (χ2n) is 8.03. The van der Waals surface area contributed by atoms with Gasteiger partial charge in [-0.3, -0.25) is 9.88 Å². The fourth-order valence-corrected chi connectivity index (χ4v) is 3.96. The molecule has 1 aromatic heterocycles. The second kappa shape index (κ2) is 10.2. The zero-order chi connectivity index (χ0) is 22.5. The van der Waals surface area contributed by atoms with E-state index < -0.39 is 11.8 Å².